The fourth-order valence-electron chi connectivity index (χ4n) is 3.13. The highest BCUT2D eigenvalue weighted by Crippen LogP contribution is 2.14. The van der Waals surface area contributed by atoms with Gasteiger partial charge in [-0.25, -0.2) is 9.97 Å². The second-order valence-electron chi connectivity index (χ2n) is 6.68. The quantitative estimate of drug-likeness (QED) is 0.524. The van der Waals surface area contributed by atoms with Gasteiger partial charge in [0, 0.05) is 18.3 Å². The molecule has 0 spiro atoms. The SMILES string of the molecule is CCOc1ccc(CNC(=O)c2ccc(Cn3cnc4cccnc43)cc2)cc1. The highest BCUT2D eigenvalue weighted by molar-refractivity contribution is 5.94. The average molecular weight is 386 g/mol. The molecular weight excluding hydrogens is 364 g/mol. The number of rotatable bonds is 7. The van der Waals surface area contributed by atoms with Crippen LogP contribution in [0.1, 0.15) is 28.4 Å². The zero-order valence-electron chi connectivity index (χ0n) is 16.2. The van der Waals surface area contributed by atoms with Gasteiger partial charge in [-0.15, -0.1) is 0 Å². The van der Waals surface area contributed by atoms with E-state index >= 15 is 0 Å². The third-order valence-corrected chi connectivity index (χ3v) is 4.63. The van der Waals surface area contributed by atoms with Crippen LogP contribution < -0.4 is 10.1 Å². The first-order valence-electron chi connectivity index (χ1n) is 9.57. The number of hydrogen-bond acceptors (Lipinski definition) is 4. The summed E-state index contributed by atoms with van der Waals surface area (Å²) >= 11 is 0. The molecule has 2 aromatic carbocycles. The van der Waals surface area contributed by atoms with E-state index in [9.17, 15) is 4.79 Å². The van der Waals surface area contributed by atoms with Crippen LogP contribution in [0.2, 0.25) is 0 Å². The Kier molecular flexibility index (Phi) is 5.52. The summed E-state index contributed by atoms with van der Waals surface area (Å²) in [5.74, 6) is 0.735. The standard InChI is InChI=1S/C23H22N4O2/c1-2-29-20-11-7-17(8-12-20)14-25-23(28)19-9-5-18(6-10-19)15-27-16-26-21-4-3-13-24-22(21)27/h3-13,16H,2,14-15H2,1H3,(H,25,28). The monoisotopic (exact) mass is 386 g/mol. The molecule has 0 radical (unpaired) electrons. The molecule has 2 heterocycles. The van der Waals surface area contributed by atoms with E-state index in [1.165, 1.54) is 0 Å². The normalized spacial score (nSPS) is 10.8. The Morgan fingerprint density at radius 2 is 1.76 bits per heavy atom. The molecule has 0 fully saturated rings. The fraction of sp³-hybridized carbons (Fsp3) is 0.174. The van der Waals surface area contributed by atoms with Crippen molar-refractivity contribution in [2.24, 2.45) is 0 Å². The van der Waals surface area contributed by atoms with Gasteiger partial charge in [-0.1, -0.05) is 24.3 Å². The minimum absolute atomic E-state index is 0.0971. The lowest BCUT2D eigenvalue weighted by molar-refractivity contribution is 0.0951. The molecule has 4 aromatic rings. The lowest BCUT2D eigenvalue weighted by Crippen LogP contribution is -2.22. The maximum Gasteiger partial charge on any atom is 0.251 e. The molecule has 4 rings (SSSR count). The number of aromatic nitrogens is 3. The van der Waals surface area contributed by atoms with Crippen LogP contribution in [0.5, 0.6) is 5.75 Å². The van der Waals surface area contributed by atoms with E-state index in [0.29, 0.717) is 25.3 Å². The van der Waals surface area contributed by atoms with Crippen LogP contribution in [-0.2, 0) is 13.1 Å². The van der Waals surface area contributed by atoms with E-state index in [1.54, 1.807) is 12.5 Å². The van der Waals surface area contributed by atoms with Gasteiger partial charge in [0.1, 0.15) is 11.3 Å². The van der Waals surface area contributed by atoms with Crippen molar-refractivity contribution in [3.05, 3.63) is 89.9 Å². The minimum Gasteiger partial charge on any atom is -0.494 e. The van der Waals surface area contributed by atoms with Crippen LogP contribution in [0.15, 0.2) is 73.2 Å². The molecule has 0 unspecified atom stereocenters. The van der Waals surface area contributed by atoms with Gasteiger partial charge in [-0.3, -0.25) is 4.79 Å². The van der Waals surface area contributed by atoms with Gasteiger partial charge in [0.2, 0.25) is 0 Å². The lowest BCUT2D eigenvalue weighted by atomic mass is 10.1. The largest absolute Gasteiger partial charge is 0.494 e. The number of pyridine rings is 1. The van der Waals surface area contributed by atoms with Crippen LogP contribution >= 0.6 is 0 Å². The second kappa shape index (κ2) is 8.56. The van der Waals surface area contributed by atoms with E-state index in [1.807, 2.05) is 72.2 Å². The number of carbonyl (C=O) groups is 1. The maximum absolute atomic E-state index is 12.4. The highest BCUT2D eigenvalue weighted by Gasteiger charge is 2.07. The molecule has 1 N–H and O–H groups in total. The molecule has 6 nitrogen and oxygen atoms in total. The summed E-state index contributed by atoms with van der Waals surface area (Å²) in [6.45, 7) is 3.72. The van der Waals surface area contributed by atoms with Crippen molar-refractivity contribution < 1.29 is 9.53 Å². The van der Waals surface area contributed by atoms with Crippen LogP contribution in [0.3, 0.4) is 0 Å². The van der Waals surface area contributed by atoms with Gasteiger partial charge in [0.15, 0.2) is 5.65 Å². The van der Waals surface area contributed by atoms with Crippen LogP contribution in [0.4, 0.5) is 0 Å². The zero-order valence-corrected chi connectivity index (χ0v) is 16.2. The number of nitrogens with one attached hydrogen (secondary N) is 1. The number of nitrogens with zero attached hydrogens (tertiary/aromatic N) is 3. The fourth-order valence-corrected chi connectivity index (χ4v) is 3.13. The molecule has 29 heavy (non-hydrogen) atoms. The van der Waals surface area contributed by atoms with Gasteiger partial charge in [-0.2, -0.15) is 0 Å². The molecule has 0 saturated carbocycles. The number of benzene rings is 2. The minimum atomic E-state index is -0.0971. The van der Waals surface area contributed by atoms with Crippen molar-refractivity contribution in [3.8, 4) is 5.75 Å². The van der Waals surface area contributed by atoms with Crippen molar-refractivity contribution in [1.29, 1.82) is 0 Å². The molecule has 146 valence electrons. The summed E-state index contributed by atoms with van der Waals surface area (Å²) in [6, 6.07) is 19.2. The second-order valence-corrected chi connectivity index (χ2v) is 6.68. The average Bonchev–Trinajstić information content (AvgIpc) is 3.17. The predicted octanol–water partition coefficient (Wildman–Crippen LogP) is 3.81. The Hall–Kier alpha value is -3.67. The Morgan fingerprint density at radius 1 is 1.00 bits per heavy atom. The summed E-state index contributed by atoms with van der Waals surface area (Å²) in [6.07, 6.45) is 3.55. The number of ether oxygens (including phenoxy) is 1. The number of fused-ring (bicyclic) bond motifs is 1. The topological polar surface area (TPSA) is 69.0 Å². The van der Waals surface area contributed by atoms with Crippen molar-refractivity contribution in [2.45, 2.75) is 20.0 Å². The Labute approximate surface area is 169 Å². The molecule has 1 amide bonds. The van der Waals surface area contributed by atoms with E-state index in [0.717, 1.165) is 28.0 Å². The van der Waals surface area contributed by atoms with Gasteiger partial charge in [-0.05, 0) is 54.4 Å². The Balaban J connectivity index is 1.36. The van der Waals surface area contributed by atoms with Crippen molar-refractivity contribution >= 4 is 17.1 Å². The Bertz CT molecular complexity index is 1100. The number of imidazole rings is 1. The molecule has 6 heteroatoms. The van der Waals surface area contributed by atoms with Crippen LogP contribution in [-0.4, -0.2) is 27.0 Å². The third kappa shape index (κ3) is 4.43. The number of carbonyl (C=O) groups excluding carboxylic acids is 1. The first kappa shape index (κ1) is 18.7. The molecule has 0 saturated heterocycles. The number of hydrogen-bond donors (Lipinski definition) is 1. The third-order valence-electron chi connectivity index (χ3n) is 4.63. The van der Waals surface area contributed by atoms with E-state index in [-0.39, 0.29) is 5.91 Å². The van der Waals surface area contributed by atoms with Gasteiger partial charge >= 0.3 is 0 Å². The lowest BCUT2D eigenvalue weighted by Gasteiger charge is -2.08. The van der Waals surface area contributed by atoms with Crippen molar-refractivity contribution in [2.75, 3.05) is 6.61 Å². The van der Waals surface area contributed by atoms with Crippen molar-refractivity contribution in [1.82, 2.24) is 19.9 Å². The van der Waals surface area contributed by atoms with Gasteiger partial charge in [0.05, 0.1) is 19.5 Å². The smallest absolute Gasteiger partial charge is 0.251 e. The van der Waals surface area contributed by atoms with Gasteiger partial charge in [0.25, 0.3) is 5.91 Å². The van der Waals surface area contributed by atoms with Gasteiger partial charge < -0.3 is 14.6 Å². The molecule has 0 aliphatic carbocycles. The van der Waals surface area contributed by atoms with E-state index in [4.69, 9.17) is 4.74 Å². The summed E-state index contributed by atoms with van der Waals surface area (Å²) in [7, 11) is 0. The van der Waals surface area contributed by atoms with E-state index < -0.39 is 0 Å². The maximum atomic E-state index is 12.4. The molecule has 0 atom stereocenters. The highest BCUT2D eigenvalue weighted by atomic mass is 16.5. The van der Waals surface area contributed by atoms with Crippen molar-refractivity contribution in [3.63, 3.8) is 0 Å². The first-order valence-corrected chi connectivity index (χ1v) is 9.57. The first-order chi connectivity index (χ1) is 14.2. The molecule has 0 aliphatic rings. The summed E-state index contributed by atoms with van der Waals surface area (Å²) < 4.78 is 7.43. The van der Waals surface area contributed by atoms with E-state index in [2.05, 4.69) is 15.3 Å². The molecule has 0 aliphatic heterocycles. The number of amides is 1. The predicted molar refractivity (Wildman–Crippen MR) is 112 cm³/mol. The van der Waals surface area contributed by atoms with Crippen LogP contribution in [0, 0.1) is 0 Å². The summed E-state index contributed by atoms with van der Waals surface area (Å²) in [5, 5.41) is 2.95. The van der Waals surface area contributed by atoms with Crippen LogP contribution in [0.25, 0.3) is 11.2 Å². The Morgan fingerprint density at radius 3 is 2.52 bits per heavy atom. The molecule has 0 bridgehead atoms. The zero-order chi connectivity index (χ0) is 20.1. The molecule has 2 aromatic heterocycles. The summed E-state index contributed by atoms with van der Waals surface area (Å²) in [5.41, 5.74) is 4.46. The molecular formula is C23H22N4O2. The summed E-state index contributed by atoms with van der Waals surface area (Å²) in [4.78, 5) is 21.2.